The number of nitrogens with two attached hydrogens (primary N) is 1. The van der Waals surface area contributed by atoms with Crippen molar-refractivity contribution in [2.75, 3.05) is 0 Å². The lowest BCUT2D eigenvalue weighted by Gasteiger charge is -2.12. The third kappa shape index (κ3) is 3.98. The maximum Gasteiger partial charge on any atom is 0.146 e. The average Bonchev–Trinajstić information content (AvgIpc) is 2.34. The molecule has 2 aromatic rings. The van der Waals surface area contributed by atoms with Crippen molar-refractivity contribution in [3.05, 3.63) is 57.0 Å². The van der Waals surface area contributed by atoms with E-state index < -0.39 is 0 Å². The van der Waals surface area contributed by atoms with Crippen LogP contribution in [-0.4, -0.2) is 6.04 Å². The topological polar surface area (TPSA) is 35.2 Å². The third-order valence-corrected chi connectivity index (χ3v) is 3.70. The van der Waals surface area contributed by atoms with Crippen LogP contribution in [0, 0.1) is 6.92 Å². The second-order valence-electron chi connectivity index (χ2n) is 4.96. The molecule has 4 heteroatoms. The maximum atomic E-state index is 6.16. The average molecular weight is 355 g/mol. The smallest absolute Gasteiger partial charge is 0.146 e. The molecule has 0 radical (unpaired) electrons. The van der Waals surface area contributed by atoms with Gasteiger partial charge in [0.25, 0.3) is 0 Å². The summed E-state index contributed by atoms with van der Waals surface area (Å²) in [7, 11) is 0. The van der Waals surface area contributed by atoms with Crippen LogP contribution >= 0.6 is 27.5 Å². The molecule has 0 bridgehead atoms. The molecule has 0 spiro atoms. The van der Waals surface area contributed by atoms with Crippen molar-refractivity contribution < 1.29 is 4.74 Å². The van der Waals surface area contributed by atoms with Gasteiger partial charge in [-0.05, 0) is 55.7 Å². The zero-order chi connectivity index (χ0) is 14.7. The van der Waals surface area contributed by atoms with Gasteiger partial charge in [-0.25, -0.2) is 0 Å². The van der Waals surface area contributed by atoms with E-state index in [1.54, 1.807) is 0 Å². The quantitative estimate of drug-likeness (QED) is 0.829. The Morgan fingerprint density at radius 3 is 2.50 bits per heavy atom. The molecule has 1 unspecified atom stereocenters. The molecule has 0 aromatic heterocycles. The molecule has 0 fully saturated rings. The first-order valence-corrected chi connectivity index (χ1v) is 7.61. The van der Waals surface area contributed by atoms with Gasteiger partial charge in [-0.2, -0.15) is 0 Å². The summed E-state index contributed by atoms with van der Waals surface area (Å²) >= 11 is 9.54. The number of hydrogen-bond acceptors (Lipinski definition) is 2. The SMILES string of the molecule is Cc1cc(CC(C)N)ccc1Oc1ccc(Br)cc1Cl. The van der Waals surface area contributed by atoms with E-state index >= 15 is 0 Å². The van der Waals surface area contributed by atoms with Crippen LogP contribution in [0.1, 0.15) is 18.1 Å². The van der Waals surface area contributed by atoms with Gasteiger partial charge in [-0.1, -0.05) is 39.7 Å². The standard InChI is InChI=1S/C16H17BrClNO/c1-10-7-12(8-11(2)19)3-5-15(10)20-16-6-4-13(17)9-14(16)18/h3-7,9,11H,8,19H2,1-2H3. The zero-order valence-corrected chi connectivity index (χ0v) is 13.8. The van der Waals surface area contributed by atoms with E-state index in [2.05, 4.69) is 22.0 Å². The molecular weight excluding hydrogens is 338 g/mol. The van der Waals surface area contributed by atoms with Crippen LogP contribution in [0.5, 0.6) is 11.5 Å². The molecule has 0 amide bonds. The van der Waals surface area contributed by atoms with E-state index in [4.69, 9.17) is 22.1 Å². The predicted octanol–water partition coefficient (Wildman–Crippen LogP) is 5.09. The molecule has 1 atom stereocenters. The van der Waals surface area contributed by atoms with Crippen LogP contribution in [0.25, 0.3) is 0 Å². The van der Waals surface area contributed by atoms with Gasteiger partial charge in [-0.3, -0.25) is 0 Å². The van der Waals surface area contributed by atoms with Crippen molar-refractivity contribution in [2.24, 2.45) is 5.73 Å². The molecule has 2 rings (SSSR count). The number of aryl methyl sites for hydroxylation is 1. The van der Waals surface area contributed by atoms with Gasteiger partial charge < -0.3 is 10.5 Å². The fraction of sp³-hybridized carbons (Fsp3) is 0.250. The lowest BCUT2D eigenvalue weighted by Crippen LogP contribution is -2.17. The zero-order valence-electron chi connectivity index (χ0n) is 11.5. The summed E-state index contributed by atoms with van der Waals surface area (Å²) in [5.74, 6) is 1.46. The van der Waals surface area contributed by atoms with Crippen molar-refractivity contribution in [1.29, 1.82) is 0 Å². The molecule has 20 heavy (non-hydrogen) atoms. The van der Waals surface area contributed by atoms with E-state index in [0.717, 1.165) is 22.2 Å². The highest BCUT2D eigenvalue weighted by atomic mass is 79.9. The molecule has 106 valence electrons. The van der Waals surface area contributed by atoms with E-state index in [9.17, 15) is 0 Å². The Hall–Kier alpha value is -1.03. The summed E-state index contributed by atoms with van der Waals surface area (Å²) in [5.41, 5.74) is 8.10. The number of rotatable bonds is 4. The first-order chi connectivity index (χ1) is 9.45. The summed E-state index contributed by atoms with van der Waals surface area (Å²) in [5, 5.41) is 0.582. The largest absolute Gasteiger partial charge is 0.456 e. The first kappa shape index (κ1) is 15.4. The Morgan fingerprint density at radius 2 is 1.90 bits per heavy atom. The Kier molecular flexibility index (Phi) is 5.08. The molecule has 2 N–H and O–H groups in total. The van der Waals surface area contributed by atoms with Crippen LogP contribution in [-0.2, 0) is 6.42 Å². The Morgan fingerprint density at radius 1 is 1.20 bits per heavy atom. The Balaban J connectivity index is 2.21. The first-order valence-electron chi connectivity index (χ1n) is 6.43. The van der Waals surface area contributed by atoms with Crippen molar-refractivity contribution in [2.45, 2.75) is 26.3 Å². The van der Waals surface area contributed by atoms with Gasteiger partial charge in [0.05, 0.1) is 5.02 Å². The maximum absolute atomic E-state index is 6.16. The van der Waals surface area contributed by atoms with Gasteiger partial charge >= 0.3 is 0 Å². The molecule has 0 saturated heterocycles. The van der Waals surface area contributed by atoms with Crippen LogP contribution in [0.15, 0.2) is 40.9 Å². The minimum absolute atomic E-state index is 0.155. The fourth-order valence-electron chi connectivity index (χ4n) is 2.00. The van der Waals surface area contributed by atoms with Crippen LogP contribution in [0.4, 0.5) is 0 Å². The fourth-order valence-corrected chi connectivity index (χ4v) is 2.71. The normalized spacial score (nSPS) is 12.2. The van der Waals surface area contributed by atoms with Gasteiger partial charge in [0.15, 0.2) is 0 Å². The van der Waals surface area contributed by atoms with Gasteiger partial charge in [-0.15, -0.1) is 0 Å². The summed E-state index contributed by atoms with van der Waals surface area (Å²) in [6.45, 7) is 4.02. The molecule has 0 aliphatic rings. The summed E-state index contributed by atoms with van der Waals surface area (Å²) < 4.78 is 6.80. The number of halogens is 2. The highest BCUT2D eigenvalue weighted by Gasteiger charge is 2.07. The Labute approximate surface area is 133 Å². The third-order valence-electron chi connectivity index (χ3n) is 2.91. The summed E-state index contributed by atoms with van der Waals surface area (Å²) in [4.78, 5) is 0. The highest BCUT2D eigenvalue weighted by Crippen LogP contribution is 2.33. The monoisotopic (exact) mass is 353 g/mol. The molecular formula is C16H17BrClNO. The summed E-state index contributed by atoms with van der Waals surface area (Å²) in [6, 6.07) is 11.8. The molecule has 2 nitrogen and oxygen atoms in total. The molecule has 0 aliphatic heterocycles. The highest BCUT2D eigenvalue weighted by molar-refractivity contribution is 9.10. The van der Waals surface area contributed by atoms with E-state index in [1.165, 1.54) is 5.56 Å². The minimum atomic E-state index is 0.155. The predicted molar refractivity (Wildman–Crippen MR) is 87.8 cm³/mol. The van der Waals surface area contributed by atoms with Crippen molar-refractivity contribution in [3.63, 3.8) is 0 Å². The lowest BCUT2D eigenvalue weighted by molar-refractivity contribution is 0.478. The number of ether oxygens (including phenoxy) is 1. The lowest BCUT2D eigenvalue weighted by atomic mass is 10.0. The molecule has 0 saturated carbocycles. The van der Waals surface area contributed by atoms with E-state index in [1.807, 2.05) is 44.2 Å². The second kappa shape index (κ2) is 6.61. The van der Waals surface area contributed by atoms with Crippen LogP contribution in [0.2, 0.25) is 5.02 Å². The molecule has 0 aliphatic carbocycles. The van der Waals surface area contributed by atoms with E-state index in [-0.39, 0.29) is 6.04 Å². The summed E-state index contributed by atoms with van der Waals surface area (Å²) in [6.07, 6.45) is 0.861. The minimum Gasteiger partial charge on any atom is -0.456 e. The number of benzene rings is 2. The molecule has 2 aromatic carbocycles. The van der Waals surface area contributed by atoms with Crippen molar-refractivity contribution in [3.8, 4) is 11.5 Å². The Bertz CT molecular complexity index is 613. The molecule has 0 heterocycles. The van der Waals surface area contributed by atoms with Gasteiger partial charge in [0.2, 0.25) is 0 Å². The van der Waals surface area contributed by atoms with Crippen LogP contribution in [0.3, 0.4) is 0 Å². The van der Waals surface area contributed by atoms with Crippen molar-refractivity contribution in [1.82, 2.24) is 0 Å². The van der Waals surface area contributed by atoms with E-state index in [0.29, 0.717) is 10.8 Å². The van der Waals surface area contributed by atoms with Gasteiger partial charge in [0, 0.05) is 10.5 Å². The number of hydrogen-bond donors (Lipinski definition) is 1. The van der Waals surface area contributed by atoms with Crippen LogP contribution < -0.4 is 10.5 Å². The van der Waals surface area contributed by atoms with Gasteiger partial charge in [0.1, 0.15) is 11.5 Å². The van der Waals surface area contributed by atoms with Crippen molar-refractivity contribution >= 4 is 27.5 Å². The second-order valence-corrected chi connectivity index (χ2v) is 6.28.